The Labute approximate surface area is 167 Å². The summed E-state index contributed by atoms with van der Waals surface area (Å²) in [6.45, 7) is 8.56. The van der Waals surface area contributed by atoms with E-state index >= 15 is 0 Å². The molecule has 146 valence electrons. The van der Waals surface area contributed by atoms with Crippen LogP contribution in [0.2, 0.25) is 0 Å². The summed E-state index contributed by atoms with van der Waals surface area (Å²) in [6.07, 6.45) is 19.9. The molecule has 27 heavy (non-hydrogen) atoms. The standard InChI is InChI=1S/C27H38/c1-4-6-7-8-9-11-16-24(5-2)17-12-10-13-19-26-23(3)21-22-25-18-14-15-20-27(25)26/h5,10,13-15,18,20-22,24H,2,4,6-9,11-12,16-17,19H2,1,3H3/b13-10+. The minimum absolute atomic E-state index is 0.681. The van der Waals surface area contributed by atoms with Crippen LogP contribution in [0.15, 0.2) is 61.2 Å². The van der Waals surface area contributed by atoms with Gasteiger partial charge in [0.15, 0.2) is 0 Å². The molecule has 0 nitrogen and oxygen atoms in total. The fourth-order valence-electron chi connectivity index (χ4n) is 3.91. The van der Waals surface area contributed by atoms with E-state index in [2.05, 4.69) is 75.1 Å². The molecule has 0 bridgehead atoms. The summed E-state index contributed by atoms with van der Waals surface area (Å²) < 4.78 is 0. The molecule has 0 heteroatoms. The zero-order valence-corrected chi connectivity index (χ0v) is 17.6. The molecule has 1 atom stereocenters. The predicted octanol–water partition coefficient (Wildman–Crippen LogP) is 8.58. The van der Waals surface area contributed by atoms with Crippen LogP contribution >= 0.6 is 0 Å². The van der Waals surface area contributed by atoms with Crippen LogP contribution in [0.1, 0.15) is 75.8 Å². The maximum Gasteiger partial charge on any atom is -0.00887 e. The summed E-state index contributed by atoms with van der Waals surface area (Å²) in [6, 6.07) is 13.2. The highest BCUT2D eigenvalue weighted by Crippen LogP contribution is 2.23. The first-order valence-electron chi connectivity index (χ1n) is 11.0. The highest BCUT2D eigenvalue weighted by molar-refractivity contribution is 5.86. The molecule has 0 amide bonds. The molecule has 0 spiro atoms. The van der Waals surface area contributed by atoms with Crippen molar-refractivity contribution >= 4 is 10.8 Å². The van der Waals surface area contributed by atoms with Gasteiger partial charge in [-0.15, -0.1) is 6.58 Å². The smallest absolute Gasteiger partial charge is 0.00887 e. The Morgan fingerprint density at radius 3 is 2.48 bits per heavy atom. The average molecular weight is 363 g/mol. The Hall–Kier alpha value is -1.82. The number of benzene rings is 2. The Balaban J connectivity index is 1.74. The topological polar surface area (TPSA) is 0 Å². The lowest BCUT2D eigenvalue weighted by atomic mass is 9.95. The Bertz CT molecular complexity index is 707. The molecular weight excluding hydrogens is 324 g/mol. The van der Waals surface area contributed by atoms with Crippen LogP contribution in [-0.2, 0) is 6.42 Å². The molecule has 2 aromatic rings. The largest absolute Gasteiger partial charge is 0.103 e. The van der Waals surface area contributed by atoms with Crippen molar-refractivity contribution in [2.24, 2.45) is 5.92 Å². The first-order valence-corrected chi connectivity index (χ1v) is 11.0. The van der Waals surface area contributed by atoms with Crippen molar-refractivity contribution in [3.05, 3.63) is 72.3 Å². The highest BCUT2D eigenvalue weighted by Gasteiger charge is 2.04. The SMILES string of the molecule is C=CC(CC/C=C/Cc1c(C)ccc2ccccc12)CCCCCCCC. The van der Waals surface area contributed by atoms with Crippen molar-refractivity contribution in [2.45, 2.75) is 78.1 Å². The fraction of sp³-hybridized carbons (Fsp3) is 0.481. The molecule has 1 unspecified atom stereocenters. The number of fused-ring (bicyclic) bond motifs is 1. The molecule has 0 aliphatic heterocycles. The number of allylic oxidation sites excluding steroid dienone is 3. The molecular formula is C27H38. The van der Waals surface area contributed by atoms with Crippen LogP contribution in [-0.4, -0.2) is 0 Å². The van der Waals surface area contributed by atoms with Crippen molar-refractivity contribution in [1.29, 1.82) is 0 Å². The monoisotopic (exact) mass is 362 g/mol. The molecule has 0 aliphatic rings. The zero-order chi connectivity index (χ0) is 19.3. The molecule has 0 saturated heterocycles. The molecule has 2 aromatic carbocycles. The minimum Gasteiger partial charge on any atom is -0.103 e. The number of rotatable bonds is 13. The minimum atomic E-state index is 0.681. The van der Waals surface area contributed by atoms with Gasteiger partial charge in [-0.25, -0.2) is 0 Å². The van der Waals surface area contributed by atoms with Crippen LogP contribution in [0.5, 0.6) is 0 Å². The Kier molecular flexibility index (Phi) is 9.98. The quantitative estimate of drug-likeness (QED) is 0.247. The maximum atomic E-state index is 4.06. The van der Waals surface area contributed by atoms with Gasteiger partial charge >= 0.3 is 0 Å². The molecule has 0 radical (unpaired) electrons. The van der Waals surface area contributed by atoms with Gasteiger partial charge in [-0.05, 0) is 60.4 Å². The number of hydrogen-bond acceptors (Lipinski definition) is 0. The number of aryl methyl sites for hydroxylation is 1. The van der Waals surface area contributed by atoms with Crippen LogP contribution in [0.4, 0.5) is 0 Å². The van der Waals surface area contributed by atoms with Gasteiger partial charge in [0.1, 0.15) is 0 Å². The third-order valence-corrected chi connectivity index (χ3v) is 5.73. The highest BCUT2D eigenvalue weighted by atomic mass is 14.1. The van der Waals surface area contributed by atoms with Gasteiger partial charge in [-0.1, -0.05) is 100 Å². The van der Waals surface area contributed by atoms with E-state index in [1.54, 1.807) is 0 Å². The summed E-state index contributed by atoms with van der Waals surface area (Å²) in [4.78, 5) is 0. The number of unbranched alkanes of at least 4 members (excludes halogenated alkanes) is 5. The van der Waals surface area contributed by atoms with Gasteiger partial charge in [-0.2, -0.15) is 0 Å². The van der Waals surface area contributed by atoms with Crippen molar-refractivity contribution in [2.75, 3.05) is 0 Å². The van der Waals surface area contributed by atoms with Crippen LogP contribution in [0.3, 0.4) is 0 Å². The van der Waals surface area contributed by atoms with E-state index in [-0.39, 0.29) is 0 Å². The number of hydrogen-bond donors (Lipinski definition) is 0. The molecule has 2 rings (SSSR count). The van der Waals surface area contributed by atoms with E-state index in [1.165, 1.54) is 73.3 Å². The van der Waals surface area contributed by atoms with Crippen molar-refractivity contribution < 1.29 is 0 Å². The molecule has 0 heterocycles. The first-order chi connectivity index (χ1) is 13.3. The lowest BCUT2D eigenvalue weighted by Gasteiger charge is -2.11. The summed E-state index contributed by atoms with van der Waals surface area (Å²) >= 11 is 0. The van der Waals surface area contributed by atoms with Crippen molar-refractivity contribution in [1.82, 2.24) is 0 Å². The summed E-state index contributed by atoms with van der Waals surface area (Å²) in [7, 11) is 0. The molecule has 0 fully saturated rings. The third kappa shape index (κ3) is 7.37. The fourth-order valence-corrected chi connectivity index (χ4v) is 3.91. The second-order valence-corrected chi connectivity index (χ2v) is 7.89. The van der Waals surface area contributed by atoms with E-state index in [0.29, 0.717) is 5.92 Å². The van der Waals surface area contributed by atoms with Gasteiger partial charge in [-0.3, -0.25) is 0 Å². The van der Waals surface area contributed by atoms with Gasteiger partial charge in [0.2, 0.25) is 0 Å². The summed E-state index contributed by atoms with van der Waals surface area (Å²) in [5.74, 6) is 0.681. The molecule has 0 aromatic heterocycles. The summed E-state index contributed by atoms with van der Waals surface area (Å²) in [5, 5.41) is 2.74. The average Bonchev–Trinajstić information content (AvgIpc) is 2.70. The Morgan fingerprint density at radius 1 is 0.889 bits per heavy atom. The van der Waals surface area contributed by atoms with Gasteiger partial charge in [0.25, 0.3) is 0 Å². The normalized spacial score (nSPS) is 12.7. The second kappa shape index (κ2) is 12.5. The molecule has 0 aliphatic carbocycles. The van der Waals surface area contributed by atoms with Gasteiger partial charge in [0.05, 0.1) is 0 Å². The van der Waals surface area contributed by atoms with Crippen LogP contribution in [0.25, 0.3) is 10.8 Å². The Morgan fingerprint density at radius 2 is 1.67 bits per heavy atom. The second-order valence-electron chi connectivity index (χ2n) is 7.89. The van der Waals surface area contributed by atoms with Crippen molar-refractivity contribution in [3.8, 4) is 0 Å². The maximum absolute atomic E-state index is 4.06. The lowest BCUT2D eigenvalue weighted by Crippen LogP contribution is -1.96. The predicted molar refractivity (Wildman–Crippen MR) is 122 cm³/mol. The van der Waals surface area contributed by atoms with E-state index in [4.69, 9.17) is 0 Å². The van der Waals surface area contributed by atoms with Crippen LogP contribution in [0, 0.1) is 12.8 Å². The third-order valence-electron chi connectivity index (χ3n) is 5.73. The van der Waals surface area contributed by atoms with Gasteiger partial charge < -0.3 is 0 Å². The molecule has 0 N–H and O–H groups in total. The first kappa shape index (κ1) is 21.5. The lowest BCUT2D eigenvalue weighted by molar-refractivity contribution is 0.497. The van der Waals surface area contributed by atoms with Gasteiger partial charge in [0, 0.05) is 0 Å². The van der Waals surface area contributed by atoms with E-state index < -0.39 is 0 Å². The zero-order valence-electron chi connectivity index (χ0n) is 17.6. The summed E-state index contributed by atoms with van der Waals surface area (Å²) in [5.41, 5.74) is 2.86. The van der Waals surface area contributed by atoms with E-state index in [1.807, 2.05) is 0 Å². The van der Waals surface area contributed by atoms with Crippen LogP contribution < -0.4 is 0 Å². The van der Waals surface area contributed by atoms with E-state index in [9.17, 15) is 0 Å². The molecule has 0 saturated carbocycles. The van der Waals surface area contributed by atoms with Crippen molar-refractivity contribution in [3.63, 3.8) is 0 Å². The van der Waals surface area contributed by atoms with E-state index in [0.717, 1.165) is 12.8 Å².